The van der Waals surface area contributed by atoms with Gasteiger partial charge in [0.05, 0.1) is 0 Å². The summed E-state index contributed by atoms with van der Waals surface area (Å²) in [7, 11) is 0. The molecule has 0 spiro atoms. The summed E-state index contributed by atoms with van der Waals surface area (Å²) in [6, 6.07) is 3.62. The SMILES string of the molecule is Nc1ccc(OC(F)(F)F)cc1CCl. The van der Waals surface area contributed by atoms with Gasteiger partial charge in [-0.3, -0.25) is 0 Å². The maximum absolute atomic E-state index is 11.8. The van der Waals surface area contributed by atoms with Crippen LogP contribution >= 0.6 is 11.6 Å². The van der Waals surface area contributed by atoms with Gasteiger partial charge in [0.2, 0.25) is 0 Å². The highest BCUT2D eigenvalue weighted by Gasteiger charge is 2.31. The normalized spacial score (nSPS) is 11.4. The lowest BCUT2D eigenvalue weighted by atomic mass is 10.2. The molecule has 0 heterocycles. The molecule has 0 fully saturated rings. The van der Waals surface area contributed by atoms with Crippen LogP contribution in [0.4, 0.5) is 18.9 Å². The molecular weight excluding hydrogens is 219 g/mol. The fourth-order valence-electron chi connectivity index (χ4n) is 0.895. The molecule has 0 aromatic heterocycles. The van der Waals surface area contributed by atoms with E-state index in [4.69, 9.17) is 17.3 Å². The number of halogens is 4. The van der Waals surface area contributed by atoms with Gasteiger partial charge in [0.25, 0.3) is 0 Å². The third kappa shape index (κ3) is 2.99. The number of ether oxygens (including phenoxy) is 1. The molecular formula is C8H7ClF3NO. The van der Waals surface area contributed by atoms with Crippen molar-refractivity contribution in [1.29, 1.82) is 0 Å². The van der Waals surface area contributed by atoms with Crippen LogP contribution in [-0.2, 0) is 5.88 Å². The molecule has 14 heavy (non-hydrogen) atoms. The standard InChI is InChI=1S/C8H7ClF3NO/c9-4-5-3-6(1-2-7(5)13)14-8(10,11)12/h1-3H,4,13H2. The number of hydrogen-bond donors (Lipinski definition) is 1. The molecule has 2 nitrogen and oxygen atoms in total. The van der Waals surface area contributed by atoms with Crippen LogP contribution in [0, 0.1) is 0 Å². The van der Waals surface area contributed by atoms with Crippen molar-refractivity contribution in [3.8, 4) is 5.75 Å². The topological polar surface area (TPSA) is 35.2 Å². The second-order valence-electron chi connectivity index (χ2n) is 2.54. The highest BCUT2D eigenvalue weighted by atomic mass is 35.5. The fourth-order valence-corrected chi connectivity index (χ4v) is 1.13. The van der Waals surface area contributed by atoms with E-state index in [0.29, 0.717) is 11.3 Å². The zero-order chi connectivity index (χ0) is 10.8. The van der Waals surface area contributed by atoms with Gasteiger partial charge in [-0.25, -0.2) is 0 Å². The van der Waals surface area contributed by atoms with Gasteiger partial charge in [0.1, 0.15) is 5.75 Å². The third-order valence-corrected chi connectivity index (χ3v) is 1.78. The number of hydrogen-bond acceptors (Lipinski definition) is 2. The molecule has 0 aliphatic rings. The number of alkyl halides is 4. The van der Waals surface area contributed by atoms with Crippen molar-refractivity contribution in [3.63, 3.8) is 0 Å². The number of rotatable bonds is 2. The first-order valence-electron chi connectivity index (χ1n) is 3.62. The first-order valence-corrected chi connectivity index (χ1v) is 4.16. The molecule has 78 valence electrons. The van der Waals surface area contributed by atoms with Crippen molar-refractivity contribution in [2.75, 3.05) is 5.73 Å². The summed E-state index contributed by atoms with van der Waals surface area (Å²) in [5.41, 5.74) is 6.20. The largest absolute Gasteiger partial charge is 0.573 e. The monoisotopic (exact) mass is 225 g/mol. The summed E-state index contributed by atoms with van der Waals surface area (Å²) in [6.07, 6.45) is -4.69. The van der Waals surface area contributed by atoms with E-state index in [1.165, 1.54) is 6.07 Å². The van der Waals surface area contributed by atoms with Crippen LogP contribution in [0.5, 0.6) is 5.75 Å². The molecule has 0 radical (unpaired) electrons. The molecule has 1 aromatic carbocycles. The minimum absolute atomic E-state index is 0.0426. The van der Waals surface area contributed by atoms with Gasteiger partial charge in [-0.2, -0.15) is 0 Å². The van der Waals surface area contributed by atoms with Crippen LogP contribution in [0.25, 0.3) is 0 Å². The fraction of sp³-hybridized carbons (Fsp3) is 0.250. The van der Waals surface area contributed by atoms with E-state index in [1.807, 2.05) is 0 Å². The molecule has 6 heteroatoms. The predicted molar refractivity (Wildman–Crippen MR) is 47.1 cm³/mol. The van der Waals surface area contributed by atoms with Gasteiger partial charge >= 0.3 is 6.36 Å². The minimum Gasteiger partial charge on any atom is -0.406 e. The minimum atomic E-state index is -4.69. The summed E-state index contributed by atoms with van der Waals surface area (Å²) in [5, 5.41) is 0. The van der Waals surface area contributed by atoms with Crippen LogP contribution in [-0.4, -0.2) is 6.36 Å². The number of nitrogen functional groups attached to an aromatic ring is 1. The predicted octanol–water partition coefficient (Wildman–Crippen LogP) is 2.91. The van der Waals surface area contributed by atoms with Crippen molar-refractivity contribution in [1.82, 2.24) is 0 Å². The first kappa shape index (κ1) is 11.0. The number of benzene rings is 1. The van der Waals surface area contributed by atoms with Gasteiger partial charge in [0.15, 0.2) is 0 Å². The van der Waals surface area contributed by atoms with E-state index in [1.54, 1.807) is 0 Å². The Kier molecular flexibility index (Phi) is 3.10. The van der Waals surface area contributed by atoms with E-state index in [2.05, 4.69) is 4.74 Å². The number of nitrogens with two attached hydrogens (primary N) is 1. The first-order chi connectivity index (χ1) is 6.42. The maximum atomic E-state index is 11.8. The van der Waals surface area contributed by atoms with E-state index in [-0.39, 0.29) is 11.6 Å². The average Bonchev–Trinajstić information content (AvgIpc) is 2.06. The molecule has 0 aliphatic carbocycles. The van der Waals surface area contributed by atoms with Crippen LogP contribution in [0.2, 0.25) is 0 Å². The summed E-state index contributed by atoms with van der Waals surface area (Å²) in [5.74, 6) is -0.275. The molecule has 0 unspecified atom stereocenters. The van der Waals surface area contributed by atoms with Crippen molar-refractivity contribution in [2.24, 2.45) is 0 Å². The number of anilines is 1. The lowest BCUT2D eigenvalue weighted by Crippen LogP contribution is -2.17. The van der Waals surface area contributed by atoms with Gasteiger partial charge in [-0.15, -0.1) is 24.8 Å². The molecule has 0 saturated carbocycles. The van der Waals surface area contributed by atoms with Gasteiger partial charge in [-0.05, 0) is 23.8 Å². The van der Waals surface area contributed by atoms with Crippen LogP contribution in [0.1, 0.15) is 5.56 Å². The Hall–Kier alpha value is -1.10. The lowest BCUT2D eigenvalue weighted by molar-refractivity contribution is -0.274. The van der Waals surface area contributed by atoms with Gasteiger partial charge in [-0.1, -0.05) is 0 Å². The van der Waals surface area contributed by atoms with Gasteiger partial charge in [0, 0.05) is 11.6 Å². The molecule has 0 saturated heterocycles. The lowest BCUT2D eigenvalue weighted by Gasteiger charge is -2.10. The van der Waals surface area contributed by atoms with Crippen LogP contribution in [0.15, 0.2) is 18.2 Å². The van der Waals surface area contributed by atoms with E-state index in [0.717, 1.165) is 12.1 Å². The van der Waals surface area contributed by atoms with Crippen LogP contribution < -0.4 is 10.5 Å². The molecule has 2 N–H and O–H groups in total. The Bertz CT molecular complexity index is 327. The maximum Gasteiger partial charge on any atom is 0.573 e. The second kappa shape index (κ2) is 3.96. The summed E-state index contributed by atoms with van der Waals surface area (Å²) in [4.78, 5) is 0. The zero-order valence-electron chi connectivity index (χ0n) is 6.94. The zero-order valence-corrected chi connectivity index (χ0v) is 7.69. The molecule has 1 rings (SSSR count). The second-order valence-corrected chi connectivity index (χ2v) is 2.81. The Morgan fingerprint density at radius 2 is 2.00 bits per heavy atom. The van der Waals surface area contributed by atoms with E-state index in [9.17, 15) is 13.2 Å². The average molecular weight is 226 g/mol. The summed E-state index contributed by atoms with van der Waals surface area (Å²) in [6.45, 7) is 0. The van der Waals surface area contributed by atoms with Crippen LogP contribution in [0.3, 0.4) is 0 Å². The molecule has 0 aliphatic heterocycles. The van der Waals surface area contributed by atoms with Gasteiger partial charge < -0.3 is 10.5 Å². The van der Waals surface area contributed by atoms with Crippen molar-refractivity contribution in [3.05, 3.63) is 23.8 Å². The van der Waals surface area contributed by atoms with Crippen molar-refractivity contribution in [2.45, 2.75) is 12.2 Å². The molecule has 1 aromatic rings. The summed E-state index contributed by atoms with van der Waals surface area (Å²) < 4.78 is 39.1. The Morgan fingerprint density at radius 1 is 1.36 bits per heavy atom. The van der Waals surface area contributed by atoms with Crippen molar-refractivity contribution >= 4 is 17.3 Å². The molecule has 0 atom stereocenters. The van der Waals surface area contributed by atoms with E-state index < -0.39 is 6.36 Å². The third-order valence-electron chi connectivity index (χ3n) is 1.49. The molecule has 0 bridgehead atoms. The quantitative estimate of drug-likeness (QED) is 0.621. The smallest absolute Gasteiger partial charge is 0.406 e. The highest BCUT2D eigenvalue weighted by molar-refractivity contribution is 6.17. The van der Waals surface area contributed by atoms with Crippen molar-refractivity contribution < 1.29 is 17.9 Å². The Labute approximate surface area is 83.4 Å². The summed E-state index contributed by atoms with van der Waals surface area (Å²) >= 11 is 5.46. The van der Waals surface area contributed by atoms with E-state index >= 15 is 0 Å². The Morgan fingerprint density at radius 3 is 2.50 bits per heavy atom. The highest BCUT2D eigenvalue weighted by Crippen LogP contribution is 2.26. The molecule has 0 amide bonds. The Balaban J connectivity index is 2.90.